The van der Waals surface area contributed by atoms with Gasteiger partial charge < -0.3 is 10.8 Å². The van der Waals surface area contributed by atoms with Crippen molar-refractivity contribution in [3.8, 4) is 0 Å². The Morgan fingerprint density at radius 1 is 1.12 bits per heavy atom. The molecule has 2 atom stereocenters. The first-order valence-corrected chi connectivity index (χ1v) is 8.14. The largest absolute Gasteiger partial charge is 0.382 e. The van der Waals surface area contributed by atoms with E-state index in [0.717, 1.165) is 5.56 Å². The fraction of sp³-hybridized carbons (Fsp3) is 0.222. The van der Waals surface area contributed by atoms with E-state index in [-0.39, 0.29) is 5.56 Å². The highest BCUT2D eigenvalue weighted by Crippen LogP contribution is 2.13. The lowest BCUT2D eigenvalue weighted by Crippen LogP contribution is -2.53. The summed E-state index contributed by atoms with van der Waals surface area (Å²) in [7, 11) is 0. The number of hydrogen-bond acceptors (Lipinski definition) is 5. The number of carbonyl (C=O) groups is 2. The number of hydrogen-bond donors (Lipinski definition) is 3. The van der Waals surface area contributed by atoms with Crippen LogP contribution in [0, 0.1) is 0 Å². The molecular weight excluding hydrogens is 342 g/mol. The molecule has 0 saturated carbocycles. The van der Waals surface area contributed by atoms with Crippen molar-refractivity contribution in [3.63, 3.8) is 0 Å². The number of imide groups is 1. The maximum atomic E-state index is 12.2. The first kappa shape index (κ1) is 19.1. The van der Waals surface area contributed by atoms with Gasteiger partial charge in [-0.25, -0.2) is 10.9 Å². The fourth-order valence-corrected chi connectivity index (χ4v) is 2.51. The molecule has 2 rings (SSSR count). The summed E-state index contributed by atoms with van der Waals surface area (Å²) in [6, 6.07) is 14.7. The molecule has 132 valence electrons. The standard InChI is InChI=1S/C18H20ClN3O3/c19-14-8-4-7-13(11-14)17(24)22(21)18(25)16(23)15(20)10-9-12-5-2-1-3-6-12/h1-8,11,15-16,23H,9-10,20-21H2/t15-,16?/m1/s1. The quantitative estimate of drug-likeness (QED) is 0.410. The number of aryl methyl sites for hydroxylation is 1. The van der Waals surface area contributed by atoms with Crippen LogP contribution in [0.2, 0.25) is 5.02 Å². The second-order valence-corrected chi connectivity index (χ2v) is 6.09. The van der Waals surface area contributed by atoms with E-state index in [0.29, 0.717) is 22.9 Å². The molecule has 2 amide bonds. The van der Waals surface area contributed by atoms with Crippen LogP contribution >= 0.6 is 11.6 Å². The number of hydrazine groups is 1. The molecule has 25 heavy (non-hydrogen) atoms. The van der Waals surface area contributed by atoms with Crippen LogP contribution in [0.15, 0.2) is 54.6 Å². The van der Waals surface area contributed by atoms with Crippen molar-refractivity contribution in [1.29, 1.82) is 0 Å². The lowest BCUT2D eigenvalue weighted by molar-refractivity contribution is -0.138. The molecule has 5 N–H and O–H groups in total. The molecule has 0 spiro atoms. The first-order valence-electron chi connectivity index (χ1n) is 7.76. The van der Waals surface area contributed by atoms with Crippen LogP contribution in [-0.4, -0.2) is 34.1 Å². The number of rotatable bonds is 6. The Labute approximate surface area is 151 Å². The van der Waals surface area contributed by atoms with Crippen LogP contribution in [0.5, 0.6) is 0 Å². The fourth-order valence-electron chi connectivity index (χ4n) is 2.32. The van der Waals surface area contributed by atoms with Crippen LogP contribution < -0.4 is 11.6 Å². The van der Waals surface area contributed by atoms with Crippen LogP contribution in [0.3, 0.4) is 0 Å². The summed E-state index contributed by atoms with van der Waals surface area (Å²) >= 11 is 5.82. The monoisotopic (exact) mass is 361 g/mol. The highest BCUT2D eigenvalue weighted by atomic mass is 35.5. The zero-order valence-electron chi connectivity index (χ0n) is 13.5. The smallest absolute Gasteiger partial charge is 0.274 e. The third kappa shape index (κ3) is 5.11. The average molecular weight is 362 g/mol. The molecule has 0 aliphatic carbocycles. The van der Waals surface area contributed by atoms with Crippen molar-refractivity contribution in [2.75, 3.05) is 0 Å². The van der Waals surface area contributed by atoms with Gasteiger partial charge in [-0.05, 0) is 36.6 Å². The normalized spacial score (nSPS) is 13.1. The van der Waals surface area contributed by atoms with E-state index in [4.69, 9.17) is 23.2 Å². The maximum Gasteiger partial charge on any atom is 0.274 e. The van der Waals surface area contributed by atoms with Gasteiger partial charge in [0.25, 0.3) is 11.8 Å². The number of aliphatic hydroxyl groups excluding tert-OH is 1. The number of carbonyl (C=O) groups excluding carboxylic acids is 2. The number of nitrogens with two attached hydrogens (primary N) is 2. The predicted octanol–water partition coefficient (Wildman–Crippen LogP) is 1.50. The summed E-state index contributed by atoms with van der Waals surface area (Å²) in [5.41, 5.74) is 7.07. The van der Waals surface area contributed by atoms with Crippen molar-refractivity contribution in [2.24, 2.45) is 11.6 Å². The highest BCUT2D eigenvalue weighted by Gasteiger charge is 2.30. The minimum absolute atomic E-state index is 0.147. The minimum atomic E-state index is -1.57. The third-order valence-electron chi connectivity index (χ3n) is 3.80. The Morgan fingerprint density at radius 2 is 1.80 bits per heavy atom. The summed E-state index contributed by atoms with van der Waals surface area (Å²) in [6.07, 6.45) is -0.605. The van der Waals surface area contributed by atoms with Crippen molar-refractivity contribution in [1.82, 2.24) is 5.01 Å². The SMILES string of the molecule is N[C@H](CCc1ccccc1)C(O)C(=O)N(N)C(=O)c1cccc(Cl)c1. The summed E-state index contributed by atoms with van der Waals surface area (Å²) in [6.45, 7) is 0. The van der Waals surface area contributed by atoms with Gasteiger partial charge in [0.05, 0.1) is 0 Å². The summed E-state index contributed by atoms with van der Waals surface area (Å²) in [5.74, 6) is 3.85. The Bertz CT molecular complexity index is 739. The molecular formula is C18H20ClN3O3. The summed E-state index contributed by atoms with van der Waals surface area (Å²) in [5, 5.41) is 10.8. The summed E-state index contributed by atoms with van der Waals surface area (Å²) in [4.78, 5) is 24.4. The van der Waals surface area contributed by atoms with E-state index in [1.165, 1.54) is 12.1 Å². The topological polar surface area (TPSA) is 110 Å². The molecule has 0 bridgehead atoms. The van der Waals surface area contributed by atoms with Gasteiger partial charge in [-0.2, -0.15) is 0 Å². The van der Waals surface area contributed by atoms with Gasteiger partial charge in [-0.15, -0.1) is 0 Å². The third-order valence-corrected chi connectivity index (χ3v) is 4.03. The van der Waals surface area contributed by atoms with Crippen LogP contribution in [-0.2, 0) is 11.2 Å². The lowest BCUT2D eigenvalue weighted by atomic mass is 10.0. The number of halogens is 1. The molecule has 6 nitrogen and oxygen atoms in total. The summed E-state index contributed by atoms with van der Waals surface area (Å²) < 4.78 is 0. The zero-order chi connectivity index (χ0) is 18.4. The molecule has 0 radical (unpaired) electrons. The van der Waals surface area contributed by atoms with E-state index in [1.807, 2.05) is 30.3 Å². The maximum absolute atomic E-state index is 12.2. The van der Waals surface area contributed by atoms with Crippen LogP contribution in [0.4, 0.5) is 0 Å². The first-order chi connectivity index (χ1) is 11.9. The Kier molecular flexibility index (Phi) is 6.66. The minimum Gasteiger partial charge on any atom is -0.382 e. The highest BCUT2D eigenvalue weighted by molar-refractivity contribution is 6.31. The van der Waals surface area contributed by atoms with Crippen molar-refractivity contribution in [2.45, 2.75) is 25.0 Å². The Morgan fingerprint density at radius 3 is 2.44 bits per heavy atom. The molecule has 1 unspecified atom stereocenters. The second kappa shape index (κ2) is 8.73. The van der Waals surface area contributed by atoms with E-state index < -0.39 is 24.0 Å². The molecule has 7 heteroatoms. The van der Waals surface area contributed by atoms with Gasteiger partial charge in [0.2, 0.25) is 0 Å². The van der Waals surface area contributed by atoms with E-state index >= 15 is 0 Å². The van der Waals surface area contributed by atoms with Gasteiger partial charge in [0.15, 0.2) is 0 Å². The Hall–Kier alpha value is -2.25. The zero-order valence-corrected chi connectivity index (χ0v) is 14.3. The van der Waals surface area contributed by atoms with Gasteiger partial charge >= 0.3 is 0 Å². The van der Waals surface area contributed by atoms with Gasteiger partial charge in [-0.1, -0.05) is 48.0 Å². The van der Waals surface area contributed by atoms with Crippen LogP contribution in [0.25, 0.3) is 0 Å². The van der Waals surface area contributed by atoms with Crippen molar-refractivity contribution >= 4 is 23.4 Å². The molecule has 0 heterocycles. The molecule has 0 aliphatic rings. The number of amides is 2. The molecule has 0 saturated heterocycles. The van der Waals surface area contributed by atoms with E-state index in [1.54, 1.807) is 12.1 Å². The van der Waals surface area contributed by atoms with Gasteiger partial charge in [0, 0.05) is 16.6 Å². The molecule has 0 aliphatic heterocycles. The van der Waals surface area contributed by atoms with Gasteiger partial charge in [-0.3, -0.25) is 9.59 Å². The second-order valence-electron chi connectivity index (χ2n) is 5.66. The van der Waals surface area contributed by atoms with E-state index in [2.05, 4.69) is 0 Å². The van der Waals surface area contributed by atoms with Crippen LogP contribution in [0.1, 0.15) is 22.3 Å². The van der Waals surface area contributed by atoms with Crippen molar-refractivity contribution < 1.29 is 14.7 Å². The molecule has 0 aromatic heterocycles. The predicted molar refractivity (Wildman–Crippen MR) is 95.6 cm³/mol. The van der Waals surface area contributed by atoms with Gasteiger partial charge in [0.1, 0.15) is 6.10 Å². The van der Waals surface area contributed by atoms with Crippen molar-refractivity contribution in [3.05, 3.63) is 70.7 Å². The number of nitrogens with zero attached hydrogens (tertiary/aromatic N) is 1. The lowest BCUT2D eigenvalue weighted by Gasteiger charge is -2.22. The average Bonchev–Trinajstić information content (AvgIpc) is 2.64. The Balaban J connectivity index is 1.96. The molecule has 0 fully saturated rings. The number of benzene rings is 2. The molecule has 2 aromatic carbocycles. The number of aliphatic hydroxyl groups is 1. The van der Waals surface area contributed by atoms with E-state index in [9.17, 15) is 14.7 Å². The molecule has 2 aromatic rings.